The summed E-state index contributed by atoms with van der Waals surface area (Å²) in [4.78, 5) is 2.35. The minimum Gasteiger partial charge on any atom is -0.303 e. The fraction of sp³-hybridized carbons (Fsp3) is 0.700. The highest BCUT2D eigenvalue weighted by atomic mass is 32.2. The molecule has 3 rings (SSSR count). The lowest BCUT2D eigenvalue weighted by Crippen LogP contribution is -2.48. The molecular formula is C20H32FN3O2S. The highest BCUT2D eigenvalue weighted by Gasteiger charge is 2.31. The molecule has 2 aliphatic heterocycles. The van der Waals surface area contributed by atoms with Gasteiger partial charge in [0.2, 0.25) is 0 Å². The molecule has 1 atom stereocenters. The Kier molecular flexibility index (Phi) is 7.25. The number of nitrogens with zero attached hydrogens (tertiary/aromatic N) is 3. The van der Waals surface area contributed by atoms with E-state index >= 15 is 0 Å². The fourth-order valence-corrected chi connectivity index (χ4v) is 5.75. The Morgan fingerprint density at radius 1 is 1.11 bits per heavy atom. The van der Waals surface area contributed by atoms with Crippen molar-refractivity contribution in [2.45, 2.75) is 38.5 Å². The Hall–Kier alpha value is -1.02. The van der Waals surface area contributed by atoms with E-state index in [1.165, 1.54) is 6.07 Å². The summed E-state index contributed by atoms with van der Waals surface area (Å²) in [7, 11) is -1.63. The molecule has 2 heterocycles. The third-order valence-electron chi connectivity index (χ3n) is 5.81. The van der Waals surface area contributed by atoms with E-state index < -0.39 is 10.2 Å². The van der Waals surface area contributed by atoms with Crippen molar-refractivity contribution in [2.24, 2.45) is 5.92 Å². The second-order valence-electron chi connectivity index (χ2n) is 7.90. The van der Waals surface area contributed by atoms with Crippen molar-refractivity contribution in [3.8, 4) is 0 Å². The average Bonchev–Trinajstić information content (AvgIpc) is 2.68. The second-order valence-corrected chi connectivity index (χ2v) is 9.93. The molecule has 0 aliphatic carbocycles. The number of likely N-dealkylation sites (tertiary alicyclic amines) is 1. The molecule has 0 saturated carbocycles. The Bertz CT molecular complexity index is 707. The minimum absolute atomic E-state index is 0.140. The third-order valence-corrected chi connectivity index (χ3v) is 7.76. The molecule has 2 saturated heterocycles. The Morgan fingerprint density at radius 3 is 2.59 bits per heavy atom. The van der Waals surface area contributed by atoms with Crippen LogP contribution in [0.15, 0.2) is 24.3 Å². The molecule has 0 spiro atoms. The number of rotatable bonds is 7. The molecule has 1 aromatic carbocycles. The van der Waals surface area contributed by atoms with Crippen molar-refractivity contribution < 1.29 is 12.8 Å². The van der Waals surface area contributed by atoms with Gasteiger partial charge in [0.15, 0.2) is 0 Å². The lowest BCUT2D eigenvalue weighted by atomic mass is 9.97. The monoisotopic (exact) mass is 397 g/mol. The molecular weight excluding hydrogens is 365 g/mol. The van der Waals surface area contributed by atoms with Crippen LogP contribution in [-0.2, 0) is 16.6 Å². The first-order valence-electron chi connectivity index (χ1n) is 10.1. The van der Waals surface area contributed by atoms with Gasteiger partial charge in [0.1, 0.15) is 5.82 Å². The van der Waals surface area contributed by atoms with Gasteiger partial charge in [-0.05, 0) is 56.2 Å². The molecule has 27 heavy (non-hydrogen) atoms. The standard InChI is InChI=1S/C20H32FN3O2S/c1-22(27(25,26)24-13-5-2-6-14-24)16-18-8-7-12-23(17-18)15-11-19-9-3-4-10-20(19)21/h3-4,9-10,18H,2,5-8,11-17H2,1H3/t18-/m0/s1. The zero-order valence-electron chi connectivity index (χ0n) is 16.3. The molecule has 2 fully saturated rings. The van der Waals surface area contributed by atoms with Crippen LogP contribution in [0.4, 0.5) is 4.39 Å². The molecule has 0 bridgehead atoms. The Balaban J connectivity index is 1.51. The van der Waals surface area contributed by atoms with Crippen molar-refractivity contribution in [3.05, 3.63) is 35.6 Å². The summed E-state index contributed by atoms with van der Waals surface area (Å²) >= 11 is 0. The number of hydrogen-bond acceptors (Lipinski definition) is 3. The molecule has 152 valence electrons. The van der Waals surface area contributed by atoms with E-state index in [-0.39, 0.29) is 5.82 Å². The van der Waals surface area contributed by atoms with Gasteiger partial charge in [0.25, 0.3) is 10.2 Å². The summed E-state index contributed by atoms with van der Waals surface area (Å²) in [5.41, 5.74) is 0.754. The van der Waals surface area contributed by atoms with Gasteiger partial charge in [0, 0.05) is 39.8 Å². The van der Waals surface area contributed by atoms with Crippen LogP contribution in [0.3, 0.4) is 0 Å². The van der Waals surface area contributed by atoms with E-state index in [2.05, 4.69) is 4.90 Å². The van der Waals surface area contributed by atoms with Gasteiger partial charge in [-0.3, -0.25) is 0 Å². The topological polar surface area (TPSA) is 43.9 Å². The molecule has 7 heteroatoms. The number of benzene rings is 1. The van der Waals surface area contributed by atoms with Crippen LogP contribution < -0.4 is 0 Å². The maximum Gasteiger partial charge on any atom is 0.281 e. The van der Waals surface area contributed by atoms with Crippen LogP contribution in [-0.4, -0.2) is 68.2 Å². The third kappa shape index (κ3) is 5.50. The van der Waals surface area contributed by atoms with E-state index in [1.807, 2.05) is 12.1 Å². The first-order valence-corrected chi connectivity index (χ1v) is 11.5. The van der Waals surface area contributed by atoms with Crippen molar-refractivity contribution in [1.82, 2.24) is 13.5 Å². The van der Waals surface area contributed by atoms with E-state index in [0.717, 1.165) is 57.3 Å². The van der Waals surface area contributed by atoms with Crippen LogP contribution in [0, 0.1) is 11.7 Å². The lowest BCUT2D eigenvalue weighted by Gasteiger charge is -2.36. The van der Waals surface area contributed by atoms with Crippen molar-refractivity contribution in [1.29, 1.82) is 0 Å². The average molecular weight is 398 g/mol. The zero-order valence-corrected chi connectivity index (χ0v) is 17.1. The predicted octanol–water partition coefficient (Wildman–Crippen LogP) is 2.74. The Morgan fingerprint density at radius 2 is 1.85 bits per heavy atom. The van der Waals surface area contributed by atoms with Crippen LogP contribution in [0.5, 0.6) is 0 Å². The first-order chi connectivity index (χ1) is 13.0. The summed E-state index contributed by atoms with van der Waals surface area (Å²) in [6.45, 7) is 4.56. The van der Waals surface area contributed by atoms with Crippen LogP contribution in [0.1, 0.15) is 37.7 Å². The summed E-state index contributed by atoms with van der Waals surface area (Å²) < 4.78 is 42.6. The molecule has 0 aromatic heterocycles. The zero-order chi connectivity index (χ0) is 19.3. The first kappa shape index (κ1) is 20.7. The maximum absolute atomic E-state index is 13.8. The highest BCUT2D eigenvalue weighted by Crippen LogP contribution is 2.21. The summed E-state index contributed by atoms with van der Waals surface area (Å²) in [5.74, 6) is 0.197. The van der Waals surface area contributed by atoms with Crippen LogP contribution in [0.2, 0.25) is 0 Å². The molecule has 1 aromatic rings. The SMILES string of the molecule is CN(C[C@@H]1CCCN(CCc2ccccc2F)C1)S(=O)(=O)N1CCCCC1. The normalized spacial score (nSPS) is 23.0. The molecule has 0 unspecified atom stereocenters. The van der Waals surface area contributed by atoms with Gasteiger partial charge >= 0.3 is 0 Å². The van der Waals surface area contributed by atoms with Crippen molar-refractivity contribution in [2.75, 3.05) is 46.3 Å². The second kappa shape index (κ2) is 9.45. The summed E-state index contributed by atoms with van der Waals surface area (Å²) in [6.07, 6.45) is 5.85. The maximum atomic E-state index is 13.8. The number of piperidine rings is 2. The molecule has 0 N–H and O–H groups in total. The highest BCUT2D eigenvalue weighted by molar-refractivity contribution is 7.86. The van der Waals surface area contributed by atoms with E-state index in [4.69, 9.17) is 0 Å². The predicted molar refractivity (Wildman–Crippen MR) is 106 cm³/mol. The quantitative estimate of drug-likeness (QED) is 0.711. The van der Waals surface area contributed by atoms with Gasteiger partial charge in [-0.15, -0.1) is 0 Å². The van der Waals surface area contributed by atoms with Gasteiger partial charge < -0.3 is 4.90 Å². The van der Waals surface area contributed by atoms with Crippen molar-refractivity contribution in [3.63, 3.8) is 0 Å². The number of hydrogen-bond donors (Lipinski definition) is 0. The molecule has 2 aliphatic rings. The van der Waals surface area contributed by atoms with E-state index in [0.29, 0.717) is 32.0 Å². The smallest absolute Gasteiger partial charge is 0.281 e. The summed E-state index contributed by atoms with van der Waals surface area (Å²) in [5, 5.41) is 0. The molecule has 0 radical (unpaired) electrons. The minimum atomic E-state index is -3.34. The fourth-order valence-electron chi connectivity index (χ4n) is 4.23. The molecule has 0 amide bonds. The van der Waals surface area contributed by atoms with Gasteiger partial charge in [0.05, 0.1) is 0 Å². The van der Waals surface area contributed by atoms with Gasteiger partial charge in [-0.1, -0.05) is 24.6 Å². The van der Waals surface area contributed by atoms with Crippen LogP contribution >= 0.6 is 0 Å². The van der Waals surface area contributed by atoms with Gasteiger partial charge in [-0.2, -0.15) is 17.0 Å². The van der Waals surface area contributed by atoms with E-state index in [1.54, 1.807) is 21.7 Å². The lowest BCUT2D eigenvalue weighted by molar-refractivity contribution is 0.160. The molecule has 5 nitrogen and oxygen atoms in total. The Labute approximate surface area is 163 Å². The number of halogens is 1. The van der Waals surface area contributed by atoms with Crippen molar-refractivity contribution >= 4 is 10.2 Å². The van der Waals surface area contributed by atoms with Crippen LogP contribution in [0.25, 0.3) is 0 Å². The van der Waals surface area contributed by atoms with E-state index in [9.17, 15) is 12.8 Å². The largest absolute Gasteiger partial charge is 0.303 e. The summed E-state index contributed by atoms with van der Waals surface area (Å²) in [6, 6.07) is 6.94. The van der Waals surface area contributed by atoms with Gasteiger partial charge in [-0.25, -0.2) is 4.39 Å².